The zero-order chi connectivity index (χ0) is 34.5. The normalized spacial score (nSPS) is 28.6. The molecule has 4 N–H and O–H groups in total. The minimum atomic E-state index is -1.01. The van der Waals surface area contributed by atoms with E-state index in [1.54, 1.807) is 0 Å². The summed E-state index contributed by atoms with van der Waals surface area (Å²) in [6, 6.07) is -1.92. The Kier molecular flexibility index (Phi) is 12.3. The van der Waals surface area contributed by atoms with Gasteiger partial charge in [0, 0.05) is 24.9 Å². The number of rotatable bonds is 17. The van der Waals surface area contributed by atoms with Gasteiger partial charge >= 0.3 is 6.09 Å². The molecule has 4 aliphatic rings. The molecule has 0 aromatic carbocycles. The molecule has 11 nitrogen and oxygen atoms in total. The van der Waals surface area contributed by atoms with Gasteiger partial charge in [0.15, 0.2) is 5.78 Å². The van der Waals surface area contributed by atoms with Crippen LogP contribution in [0.2, 0.25) is 0 Å². The number of ether oxygens (including phenoxy) is 1. The lowest BCUT2D eigenvalue weighted by atomic mass is 9.72. The van der Waals surface area contributed by atoms with Crippen LogP contribution in [0, 0.1) is 52.8 Å². The summed E-state index contributed by atoms with van der Waals surface area (Å²) in [5, 5.41) is 11.3. The average molecular weight is 657 g/mol. The van der Waals surface area contributed by atoms with E-state index in [2.05, 4.69) is 41.7 Å². The summed E-state index contributed by atoms with van der Waals surface area (Å²) in [5.41, 5.74) is -0.154. The molecule has 0 aliphatic heterocycles. The molecule has 0 saturated heterocycles. The summed E-state index contributed by atoms with van der Waals surface area (Å²) in [4.78, 5) is 80.3. The smallest absolute Gasteiger partial charge is 0.407 e. The minimum Gasteiger partial charge on any atom is -0.449 e. The van der Waals surface area contributed by atoms with Crippen LogP contribution in [0.15, 0.2) is 12.7 Å². The van der Waals surface area contributed by atoms with Crippen molar-refractivity contribution in [2.45, 2.75) is 104 Å². The fraction of sp³-hybridized carbons (Fsp3) is 0.778. The Morgan fingerprint density at radius 3 is 2.32 bits per heavy atom. The maximum atomic E-state index is 14.6. The second kappa shape index (κ2) is 15.8. The third-order valence-electron chi connectivity index (χ3n) is 10.9. The number of hydrogen-bond acceptors (Lipinski definition) is 7. The Morgan fingerprint density at radius 2 is 1.68 bits per heavy atom. The highest BCUT2D eigenvalue weighted by molar-refractivity contribution is 6.38. The quantitative estimate of drug-likeness (QED) is 0.137. The third-order valence-corrected chi connectivity index (χ3v) is 10.9. The molecule has 0 bridgehead atoms. The van der Waals surface area contributed by atoms with Crippen molar-refractivity contribution in [3.63, 3.8) is 0 Å². The Labute approximate surface area is 279 Å². The van der Waals surface area contributed by atoms with Crippen molar-refractivity contribution in [3.05, 3.63) is 12.7 Å². The highest BCUT2D eigenvalue weighted by Gasteiger charge is 2.70. The third kappa shape index (κ3) is 9.02. The van der Waals surface area contributed by atoms with E-state index in [9.17, 15) is 28.8 Å². The molecule has 4 saturated carbocycles. The van der Waals surface area contributed by atoms with Gasteiger partial charge in [0.05, 0.1) is 24.6 Å². The summed E-state index contributed by atoms with van der Waals surface area (Å²) >= 11 is 0. The molecule has 4 aliphatic carbocycles. The first kappa shape index (κ1) is 36.6. The number of ketones is 2. The number of amides is 4. The van der Waals surface area contributed by atoms with E-state index in [4.69, 9.17) is 4.74 Å². The van der Waals surface area contributed by atoms with Crippen LogP contribution in [-0.2, 0) is 28.7 Å². The molecule has 8 atom stereocenters. The van der Waals surface area contributed by atoms with Crippen LogP contribution >= 0.6 is 0 Å². The maximum absolute atomic E-state index is 14.6. The molecule has 47 heavy (non-hydrogen) atoms. The van der Waals surface area contributed by atoms with E-state index in [0.717, 1.165) is 25.7 Å². The topological polar surface area (TPSA) is 160 Å². The zero-order valence-electron chi connectivity index (χ0n) is 28.9. The zero-order valence-corrected chi connectivity index (χ0v) is 28.9. The largest absolute Gasteiger partial charge is 0.449 e. The summed E-state index contributed by atoms with van der Waals surface area (Å²) < 4.78 is 5.43. The van der Waals surface area contributed by atoms with Crippen LogP contribution in [0.5, 0.6) is 0 Å². The molecular formula is C36H56N4O7. The average Bonchev–Trinajstić information content (AvgIpc) is 3.91. The molecular weight excluding hydrogens is 600 g/mol. The van der Waals surface area contributed by atoms with Crippen LogP contribution in [0.25, 0.3) is 0 Å². The van der Waals surface area contributed by atoms with Crippen molar-refractivity contribution >= 4 is 35.4 Å². The predicted molar refractivity (Wildman–Crippen MR) is 177 cm³/mol. The van der Waals surface area contributed by atoms with Gasteiger partial charge in [-0.05, 0) is 80.0 Å². The second-order valence-corrected chi connectivity index (χ2v) is 15.4. The Hall–Kier alpha value is -3.24. The van der Waals surface area contributed by atoms with Gasteiger partial charge in [0.1, 0.15) is 0 Å². The van der Waals surface area contributed by atoms with Crippen molar-refractivity contribution in [3.8, 4) is 0 Å². The molecule has 262 valence electrons. The Morgan fingerprint density at radius 1 is 0.957 bits per heavy atom. The van der Waals surface area contributed by atoms with Gasteiger partial charge in [-0.1, -0.05) is 53.5 Å². The molecule has 0 aromatic rings. The van der Waals surface area contributed by atoms with Crippen molar-refractivity contribution in [2.24, 2.45) is 52.8 Å². The van der Waals surface area contributed by atoms with Crippen LogP contribution in [-0.4, -0.2) is 67.2 Å². The van der Waals surface area contributed by atoms with E-state index >= 15 is 0 Å². The minimum absolute atomic E-state index is 0.0000541. The molecule has 4 amide bonds. The van der Waals surface area contributed by atoms with E-state index in [1.165, 1.54) is 6.08 Å². The first-order chi connectivity index (χ1) is 22.3. The number of Topliss-reactive ketones (excluding diaryl/α,β-unsaturated/α-hetero) is 2. The number of carbonyl (C=O) groups excluding carboxylic acids is 6. The Balaban J connectivity index is 1.54. The summed E-state index contributed by atoms with van der Waals surface area (Å²) in [6.07, 6.45) is 7.03. The van der Waals surface area contributed by atoms with Crippen molar-refractivity contribution in [1.29, 1.82) is 0 Å². The highest BCUT2D eigenvalue weighted by atomic mass is 16.5. The van der Waals surface area contributed by atoms with E-state index < -0.39 is 47.6 Å². The lowest BCUT2D eigenvalue weighted by Crippen LogP contribution is -2.54. The summed E-state index contributed by atoms with van der Waals surface area (Å²) in [5.74, 6) is -3.32. The summed E-state index contributed by atoms with van der Waals surface area (Å²) in [6.45, 7) is 14.5. The lowest BCUT2D eigenvalue weighted by Gasteiger charge is -2.36. The van der Waals surface area contributed by atoms with E-state index in [1.807, 2.05) is 20.8 Å². The molecule has 0 radical (unpaired) electrons. The number of carbonyl (C=O) groups is 6. The first-order valence-electron chi connectivity index (χ1n) is 17.8. The lowest BCUT2D eigenvalue weighted by molar-refractivity contribution is -0.141. The monoisotopic (exact) mass is 656 g/mol. The van der Waals surface area contributed by atoms with Crippen LogP contribution < -0.4 is 21.3 Å². The van der Waals surface area contributed by atoms with Gasteiger partial charge in [-0.3, -0.25) is 24.0 Å². The number of fused-ring (bicyclic) bond motifs is 1. The van der Waals surface area contributed by atoms with Gasteiger partial charge in [0.2, 0.25) is 17.6 Å². The first-order valence-corrected chi connectivity index (χ1v) is 17.8. The molecule has 8 unspecified atom stereocenters. The SMILES string of the molecule is C=CCNC(=O)C(=O)C(CCC)NC(=O)C1C(C(=O)C(NC(=O)OCC(C)C)C2CCCC(C(=O)NCC3CC3)C2)CC2C1C2(C)C. The molecule has 4 fully saturated rings. The van der Waals surface area contributed by atoms with Crippen molar-refractivity contribution < 1.29 is 33.5 Å². The number of nitrogens with one attached hydrogen (secondary N) is 4. The van der Waals surface area contributed by atoms with Crippen LogP contribution in [0.3, 0.4) is 0 Å². The molecule has 0 aromatic heterocycles. The van der Waals surface area contributed by atoms with Crippen molar-refractivity contribution in [2.75, 3.05) is 19.7 Å². The number of hydrogen-bond donors (Lipinski definition) is 4. The molecule has 11 heteroatoms. The summed E-state index contributed by atoms with van der Waals surface area (Å²) in [7, 11) is 0. The predicted octanol–water partition coefficient (Wildman–Crippen LogP) is 3.70. The maximum Gasteiger partial charge on any atom is 0.407 e. The van der Waals surface area contributed by atoms with Gasteiger partial charge < -0.3 is 26.0 Å². The standard InChI is InChI=1S/C36H56N4O7/c1-7-10-26(31(42)34(45)37-15-8-2)39-33(44)27-24(17-25-28(27)36(25,5)6)30(41)29(40-35(46)47-19-20(3)4)22-11-9-12-23(16-22)32(43)38-18-21-13-14-21/h8,20-29H,2,7,9-19H2,1,3-6H3,(H,37,45)(H,38,43)(H,39,44)(H,40,46). The van der Waals surface area contributed by atoms with Crippen LogP contribution in [0.1, 0.15) is 92.4 Å². The highest BCUT2D eigenvalue weighted by Crippen LogP contribution is 2.71. The van der Waals surface area contributed by atoms with Gasteiger partial charge in [0.25, 0.3) is 5.91 Å². The molecule has 0 spiro atoms. The van der Waals surface area contributed by atoms with Gasteiger partial charge in [-0.15, -0.1) is 6.58 Å². The van der Waals surface area contributed by atoms with Crippen molar-refractivity contribution in [1.82, 2.24) is 21.3 Å². The fourth-order valence-electron chi connectivity index (χ4n) is 8.04. The molecule has 0 heterocycles. The molecule has 4 rings (SSSR count). The second-order valence-electron chi connectivity index (χ2n) is 15.4. The van der Waals surface area contributed by atoms with E-state index in [-0.39, 0.29) is 66.3 Å². The van der Waals surface area contributed by atoms with Gasteiger partial charge in [-0.2, -0.15) is 0 Å². The van der Waals surface area contributed by atoms with Gasteiger partial charge in [-0.25, -0.2) is 4.79 Å². The fourth-order valence-corrected chi connectivity index (χ4v) is 8.04. The number of alkyl carbamates (subject to hydrolysis) is 1. The van der Waals surface area contributed by atoms with E-state index in [0.29, 0.717) is 38.1 Å². The van der Waals surface area contributed by atoms with Crippen LogP contribution in [0.4, 0.5) is 4.79 Å². The Bertz CT molecular complexity index is 1210.